The summed E-state index contributed by atoms with van der Waals surface area (Å²) in [5.74, 6) is 2.68. The molecule has 1 aromatic heterocycles. The zero-order valence-corrected chi connectivity index (χ0v) is 21.2. The standard InChI is InChI=1S/C33H32N2O2/c1-2-21-20-35-16-14-22(21)17-31(35)33(28-13-15-34-30-12-11-24(36)19-29(28)30)37-32-18-23-7-3-4-8-25(23)26-9-5-6-10-27(26)32/h3-13,15,18-19,21-22,31,33,36H,2,14,16-17,20H2,1H3/t21-,22-,31+,33+/m0/s1. The Bertz CT molecular complexity index is 1610. The van der Waals surface area contributed by atoms with Crippen molar-refractivity contribution >= 4 is 32.4 Å². The quantitative estimate of drug-likeness (QED) is 0.260. The molecule has 0 spiro atoms. The van der Waals surface area contributed by atoms with Crippen molar-refractivity contribution in [2.24, 2.45) is 11.8 Å². The van der Waals surface area contributed by atoms with Crippen LogP contribution in [0.1, 0.15) is 37.9 Å². The maximum Gasteiger partial charge on any atom is 0.140 e. The molecule has 4 heteroatoms. The molecule has 0 amide bonds. The summed E-state index contributed by atoms with van der Waals surface area (Å²) in [5, 5.41) is 16.1. The maximum atomic E-state index is 10.4. The van der Waals surface area contributed by atoms with Crippen LogP contribution < -0.4 is 4.74 Å². The van der Waals surface area contributed by atoms with Gasteiger partial charge in [0.15, 0.2) is 0 Å². The first-order valence-electron chi connectivity index (χ1n) is 13.6. The van der Waals surface area contributed by atoms with Crippen LogP contribution in [0.15, 0.2) is 85.1 Å². The van der Waals surface area contributed by atoms with E-state index in [-0.39, 0.29) is 17.9 Å². The Morgan fingerprint density at radius 2 is 1.76 bits per heavy atom. The number of ether oxygens (including phenoxy) is 1. The van der Waals surface area contributed by atoms with Gasteiger partial charge in [-0.2, -0.15) is 0 Å². The van der Waals surface area contributed by atoms with Gasteiger partial charge in [0, 0.05) is 29.1 Å². The van der Waals surface area contributed by atoms with E-state index in [9.17, 15) is 5.11 Å². The molecule has 3 saturated heterocycles. The summed E-state index contributed by atoms with van der Waals surface area (Å²) in [6, 6.07) is 27.1. The molecule has 3 fully saturated rings. The number of aromatic hydroxyl groups is 1. The molecule has 3 aliphatic rings. The van der Waals surface area contributed by atoms with Crippen LogP contribution in [-0.4, -0.2) is 34.1 Å². The molecule has 37 heavy (non-hydrogen) atoms. The molecule has 1 unspecified atom stereocenters. The number of aromatic nitrogens is 1. The van der Waals surface area contributed by atoms with Gasteiger partial charge in [0.25, 0.3) is 0 Å². The molecule has 5 aromatic rings. The maximum absolute atomic E-state index is 10.4. The zero-order chi connectivity index (χ0) is 24.9. The Hall–Kier alpha value is -3.63. The number of fused-ring (bicyclic) bond motifs is 7. The van der Waals surface area contributed by atoms with Crippen molar-refractivity contribution in [3.05, 3.63) is 90.6 Å². The first kappa shape index (κ1) is 22.6. The number of benzene rings is 4. The lowest BCUT2D eigenvalue weighted by atomic mass is 9.72. The van der Waals surface area contributed by atoms with Gasteiger partial charge in [0.2, 0.25) is 0 Å². The largest absolute Gasteiger partial charge is 0.508 e. The average molecular weight is 489 g/mol. The van der Waals surface area contributed by atoms with Gasteiger partial charge < -0.3 is 9.84 Å². The summed E-state index contributed by atoms with van der Waals surface area (Å²) < 4.78 is 7.18. The van der Waals surface area contributed by atoms with E-state index in [0.29, 0.717) is 0 Å². The van der Waals surface area contributed by atoms with Gasteiger partial charge in [-0.15, -0.1) is 0 Å². The number of hydrogen-bond acceptors (Lipinski definition) is 4. The molecule has 8 rings (SSSR count). The van der Waals surface area contributed by atoms with Crippen LogP contribution in [0, 0.1) is 11.8 Å². The minimum Gasteiger partial charge on any atom is -0.508 e. The second-order valence-corrected chi connectivity index (χ2v) is 10.8. The van der Waals surface area contributed by atoms with E-state index < -0.39 is 0 Å². The lowest BCUT2D eigenvalue weighted by Crippen LogP contribution is -2.56. The number of hydrogen-bond donors (Lipinski definition) is 1. The molecule has 0 aliphatic carbocycles. The van der Waals surface area contributed by atoms with E-state index in [1.165, 1.54) is 29.0 Å². The third-order valence-electron chi connectivity index (χ3n) is 8.86. The highest BCUT2D eigenvalue weighted by atomic mass is 16.5. The molecule has 2 bridgehead atoms. The second kappa shape index (κ2) is 9.04. The van der Waals surface area contributed by atoms with Gasteiger partial charge in [-0.3, -0.25) is 9.88 Å². The number of nitrogens with zero attached hydrogens (tertiary/aromatic N) is 2. The van der Waals surface area contributed by atoms with Crippen molar-refractivity contribution < 1.29 is 9.84 Å². The molecule has 5 atom stereocenters. The van der Waals surface area contributed by atoms with Crippen molar-refractivity contribution in [1.82, 2.24) is 9.88 Å². The van der Waals surface area contributed by atoms with Crippen LogP contribution in [0.4, 0.5) is 0 Å². The van der Waals surface area contributed by atoms with Crippen LogP contribution >= 0.6 is 0 Å². The van der Waals surface area contributed by atoms with Crippen molar-refractivity contribution in [3.63, 3.8) is 0 Å². The van der Waals surface area contributed by atoms with Crippen LogP contribution in [0.5, 0.6) is 11.5 Å². The normalized spacial score (nSPS) is 24.0. The number of rotatable bonds is 5. The lowest BCUT2D eigenvalue weighted by molar-refractivity contribution is -0.0480. The molecule has 1 N–H and O–H groups in total. The highest BCUT2D eigenvalue weighted by Gasteiger charge is 2.44. The molecule has 4 nitrogen and oxygen atoms in total. The SMILES string of the molecule is CC[C@H]1CN2CC[C@H]1C[C@@H]2[C@H](Oc1cc2ccccc2c2ccccc12)c1ccnc2ccc(O)cc12. The van der Waals surface area contributed by atoms with E-state index in [1.54, 1.807) is 6.07 Å². The van der Waals surface area contributed by atoms with Crippen molar-refractivity contribution in [2.75, 3.05) is 13.1 Å². The zero-order valence-electron chi connectivity index (χ0n) is 21.2. The van der Waals surface area contributed by atoms with Gasteiger partial charge in [-0.05, 0) is 77.7 Å². The summed E-state index contributed by atoms with van der Waals surface area (Å²) in [6.45, 7) is 4.59. The predicted molar refractivity (Wildman–Crippen MR) is 150 cm³/mol. The van der Waals surface area contributed by atoms with E-state index in [0.717, 1.165) is 58.9 Å². The van der Waals surface area contributed by atoms with Crippen molar-refractivity contribution in [2.45, 2.75) is 38.3 Å². The number of pyridine rings is 1. The number of piperidine rings is 3. The van der Waals surface area contributed by atoms with Crippen LogP contribution in [0.25, 0.3) is 32.4 Å². The van der Waals surface area contributed by atoms with Crippen LogP contribution in [0.3, 0.4) is 0 Å². The third-order valence-corrected chi connectivity index (χ3v) is 8.86. The highest BCUT2D eigenvalue weighted by molar-refractivity contribution is 6.10. The Balaban J connectivity index is 1.41. The van der Waals surface area contributed by atoms with Gasteiger partial charge in [-0.1, -0.05) is 61.9 Å². The molecule has 186 valence electrons. The lowest BCUT2D eigenvalue weighted by Gasteiger charge is -2.52. The molecular weight excluding hydrogens is 456 g/mol. The van der Waals surface area contributed by atoms with Gasteiger partial charge in [-0.25, -0.2) is 0 Å². The van der Waals surface area contributed by atoms with E-state index in [2.05, 4.69) is 77.5 Å². The molecule has 4 heterocycles. The van der Waals surface area contributed by atoms with Crippen LogP contribution in [-0.2, 0) is 0 Å². The Morgan fingerprint density at radius 1 is 0.946 bits per heavy atom. The van der Waals surface area contributed by atoms with E-state index in [1.807, 2.05) is 18.3 Å². The molecular formula is C33H32N2O2. The predicted octanol–water partition coefficient (Wildman–Crippen LogP) is 7.49. The minimum atomic E-state index is -0.169. The molecule has 3 aliphatic heterocycles. The van der Waals surface area contributed by atoms with Crippen LogP contribution in [0.2, 0.25) is 0 Å². The minimum absolute atomic E-state index is 0.169. The van der Waals surface area contributed by atoms with Gasteiger partial charge in [0.05, 0.1) is 11.6 Å². The number of phenols is 1. The van der Waals surface area contributed by atoms with Crippen molar-refractivity contribution in [1.29, 1.82) is 0 Å². The van der Waals surface area contributed by atoms with Gasteiger partial charge in [0.1, 0.15) is 17.6 Å². The summed E-state index contributed by atoms with van der Waals surface area (Å²) >= 11 is 0. The summed E-state index contributed by atoms with van der Waals surface area (Å²) in [4.78, 5) is 7.27. The summed E-state index contributed by atoms with van der Waals surface area (Å²) in [5.41, 5.74) is 1.98. The van der Waals surface area contributed by atoms with Crippen molar-refractivity contribution in [3.8, 4) is 11.5 Å². The number of phenolic OH excluding ortho intramolecular Hbond substituents is 1. The second-order valence-electron chi connectivity index (χ2n) is 10.8. The molecule has 0 radical (unpaired) electrons. The summed E-state index contributed by atoms with van der Waals surface area (Å²) in [7, 11) is 0. The van der Waals surface area contributed by atoms with E-state index >= 15 is 0 Å². The molecule has 4 aromatic carbocycles. The van der Waals surface area contributed by atoms with E-state index in [4.69, 9.17) is 4.74 Å². The fourth-order valence-corrected chi connectivity index (χ4v) is 6.96. The van der Waals surface area contributed by atoms with Gasteiger partial charge >= 0.3 is 0 Å². The topological polar surface area (TPSA) is 45.6 Å². The monoisotopic (exact) mass is 488 g/mol. The fraction of sp³-hybridized carbons (Fsp3) is 0.303. The Labute approximate surface area is 217 Å². The smallest absolute Gasteiger partial charge is 0.140 e. The fourth-order valence-electron chi connectivity index (χ4n) is 6.96. The highest BCUT2D eigenvalue weighted by Crippen LogP contribution is 2.45. The Morgan fingerprint density at radius 3 is 2.57 bits per heavy atom. The first-order chi connectivity index (χ1) is 18.2. The first-order valence-corrected chi connectivity index (χ1v) is 13.6. The Kier molecular flexibility index (Phi) is 5.51. The summed E-state index contributed by atoms with van der Waals surface area (Å²) in [6.07, 6.45) is 5.36. The third kappa shape index (κ3) is 3.82. The molecule has 0 saturated carbocycles. The average Bonchev–Trinajstić information content (AvgIpc) is 2.96.